The smallest absolute Gasteiger partial charge is 0.252 e. The van der Waals surface area contributed by atoms with Crippen LogP contribution in [-0.4, -0.2) is 25.0 Å². The van der Waals surface area contributed by atoms with Crippen LogP contribution in [0.3, 0.4) is 0 Å². The van der Waals surface area contributed by atoms with Gasteiger partial charge in [0.25, 0.3) is 6.71 Å². The fraction of sp³-hybridized carbons (Fsp3) is 0.206. The molecular formula is C136H125BN6. The first-order valence-corrected chi connectivity index (χ1v) is 51.4. The quantitative estimate of drug-likeness (QED) is 0.121. The molecule has 0 radical (unpaired) electrons. The minimum atomic E-state index is -0.451. The molecule has 0 spiro atoms. The molecule has 24 rings (SSSR count). The van der Waals surface area contributed by atoms with Gasteiger partial charge >= 0.3 is 0 Å². The second-order valence-corrected chi connectivity index (χ2v) is 47.8. The molecule has 6 nitrogen and oxygen atoms in total. The molecule has 0 fully saturated rings. The lowest BCUT2D eigenvalue weighted by atomic mass is 9.33. The predicted molar refractivity (Wildman–Crippen MR) is 616 cm³/mol. The summed E-state index contributed by atoms with van der Waals surface area (Å²) in [5.74, 6) is 0. The van der Waals surface area contributed by atoms with Gasteiger partial charge in [0.2, 0.25) is 0 Å². The van der Waals surface area contributed by atoms with E-state index in [0.717, 1.165) is 157 Å². The molecule has 0 atom stereocenters. The van der Waals surface area contributed by atoms with Crippen molar-refractivity contribution in [3.63, 3.8) is 0 Å². The molecule has 0 saturated heterocycles. The van der Waals surface area contributed by atoms with E-state index in [9.17, 15) is 0 Å². The maximum absolute atomic E-state index is 2.82. The SMILES string of the molecule is CC(C)(C)c1ccc(-c2cc(-c3ccc(C(C)(C)C)cc3)c(N3c4cc(-n5c6ccccc6c6ccc7c8ccccc8n(-c8ccccc8)c7c65)ccc4B4c5ccc(-n6c7ccccc7c7ccc8c9ccccc9n(-c9ccccc9)c8c76)cc5N(c5c(-c6ccc(C(C)(C)C)cc6)cc(C(C)(C)C)cc5-c5ccc(C(C)(C)C)cc5)c5cc(C(C)(C)C)cc3c54)c(-c3ccc(C(C)(C)C)cc3)c2)cc1. The third-order valence-corrected chi connectivity index (χ3v) is 31.3. The zero-order valence-corrected chi connectivity index (χ0v) is 86.6. The zero-order chi connectivity index (χ0) is 98.9. The number of hydrogen-bond acceptors (Lipinski definition) is 2. The second kappa shape index (κ2) is 32.7. The molecule has 143 heavy (non-hydrogen) atoms. The van der Waals surface area contributed by atoms with Crippen LogP contribution in [0.1, 0.15) is 184 Å². The highest BCUT2D eigenvalue weighted by Crippen LogP contribution is 2.58. The van der Waals surface area contributed by atoms with Crippen molar-refractivity contribution in [2.75, 3.05) is 9.80 Å². The third kappa shape index (κ3) is 14.8. The van der Waals surface area contributed by atoms with Crippen molar-refractivity contribution < 1.29 is 0 Å². The number of para-hydroxylation sites is 6. The average Bonchev–Trinajstić information content (AvgIpc) is 1.26. The first-order chi connectivity index (χ1) is 68.4. The van der Waals surface area contributed by atoms with Gasteiger partial charge in [-0.15, -0.1) is 0 Å². The lowest BCUT2D eigenvalue weighted by Crippen LogP contribution is -2.61. The molecule has 0 N–H and O–H groups in total. The number of aromatic nitrogens is 4. The Bertz CT molecular complexity index is 8760. The monoisotopic (exact) mass is 1850 g/mol. The van der Waals surface area contributed by atoms with Crippen LogP contribution in [0.15, 0.2) is 376 Å². The summed E-state index contributed by atoms with van der Waals surface area (Å²) in [6, 6.07) is 147. The van der Waals surface area contributed by atoms with E-state index in [4.69, 9.17) is 0 Å². The lowest BCUT2D eigenvalue weighted by molar-refractivity contribution is 0.589. The normalized spacial score (nSPS) is 13.3. The van der Waals surface area contributed by atoms with Gasteiger partial charge in [-0.25, -0.2) is 0 Å². The Morgan fingerprint density at radius 2 is 0.420 bits per heavy atom. The van der Waals surface area contributed by atoms with E-state index < -0.39 is 5.41 Å². The third-order valence-electron chi connectivity index (χ3n) is 31.3. The molecule has 4 aromatic heterocycles. The van der Waals surface area contributed by atoms with Crippen LogP contribution in [0.4, 0.5) is 34.1 Å². The van der Waals surface area contributed by atoms with E-state index in [1.165, 1.54) is 98.4 Å². The average molecular weight is 1850 g/mol. The summed E-state index contributed by atoms with van der Waals surface area (Å²) in [6.45, 7) is 49.2. The molecule has 0 unspecified atom stereocenters. The Hall–Kier alpha value is -15.2. The molecule has 2 aliphatic rings. The molecule has 6 heterocycles. The summed E-state index contributed by atoms with van der Waals surface area (Å²) in [5, 5.41) is 9.57. The summed E-state index contributed by atoms with van der Waals surface area (Å²) < 4.78 is 10.3. The van der Waals surface area contributed by atoms with Crippen molar-refractivity contribution in [1.29, 1.82) is 0 Å². The van der Waals surface area contributed by atoms with E-state index in [0.29, 0.717) is 0 Å². The molecule has 702 valence electrons. The molecular weight excluding hydrogens is 1730 g/mol. The van der Waals surface area contributed by atoms with Gasteiger partial charge in [-0.05, 0) is 236 Å². The standard InChI is InChI=1S/C136H125BN6/c1-130(2,3)90-58-48-84(49-59-90)89-76-109(85-50-60-91(61-51-85)131(4,5)6)124(110(77-89)86-52-62-92(63-53-86)132(7,8)9)142-119-82-99(140-117-46-34-30-42-103(117)107-72-70-105-101-40-28-32-44-115(101)138(126(105)128(107)140)97-36-24-22-25-37-97)68-74-113(119)137-114-75-69-100(141-118-47-35-31-43-104(118)108-73-71-106-102-41-29-33-45-116(102)139(127(106)129(108)141)98-38-26-23-27-39-98)83-120(114)143(122-81-96(136(19,20)21)80-121(142)123(122)137)125-111(87-54-64-93(65-55-87)133(10,11)12)78-95(135(16,17)18)79-112(125)88-56-66-94(67-57-88)134(13,14)15/h22-83H,1-21H3. The maximum atomic E-state index is 2.82. The zero-order valence-electron chi connectivity index (χ0n) is 86.6. The van der Waals surface area contributed by atoms with Crippen molar-refractivity contribution in [2.45, 2.75) is 183 Å². The van der Waals surface area contributed by atoms with Gasteiger partial charge in [0.15, 0.2) is 0 Å². The number of benzene rings is 18. The molecule has 22 aromatic rings. The highest BCUT2D eigenvalue weighted by Gasteiger charge is 2.48. The summed E-state index contributed by atoms with van der Waals surface area (Å²) in [7, 11) is 0. The minimum absolute atomic E-state index is 0.0643. The van der Waals surface area contributed by atoms with Gasteiger partial charge in [-0.3, -0.25) is 0 Å². The van der Waals surface area contributed by atoms with Crippen molar-refractivity contribution in [3.8, 4) is 78.4 Å². The van der Waals surface area contributed by atoms with Crippen LogP contribution < -0.4 is 26.2 Å². The lowest BCUT2D eigenvalue weighted by Gasteiger charge is -2.46. The molecule has 0 amide bonds. The summed E-state index contributed by atoms with van der Waals surface area (Å²) in [5.41, 5.74) is 42.8. The Balaban J connectivity index is 0.900. The van der Waals surface area contributed by atoms with Crippen molar-refractivity contribution in [1.82, 2.24) is 18.3 Å². The maximum Gasteiger partial charge on any atom is 0.252 e. The van der Waals surface area contributed by atoms with Crippen LogP contribution in [0.5, 0.6) is 0 Å². The van der Waals surface area contributed by atoms with E-state index in [-0.39, 0.29) is 39.2 Å². The molecule has 18 aromatic carbocycles. The topological polar surface area (TPSA) is 26.2 Å². The van der Waals surface area contributed by atoms with E-state index in [1.807, 2.05) is 0 Å². The van der Waals surface area contributed by atoms with Crippen LogP contribution in [0.25, 0.3) is 166 Å². The van der Waals surface area contributed by atoms with Gasteiger partial charge in [0.1, 0.15) is 0 Å². The van der Waals surface area contributed by atoms with Crippen molar-refractivity contribution in [2.24, 2.45) is 0 Å². The molecule has 7 heteroatoms. The Kier molecular flexibility index (Phi) is 20.7. The molecule has 0 bridgehead atoms. The number of rotatable bonds is 11. The van der Waals surface area contributed by atoms with Gasteiger partial charge < -0.3 is 28.1 Å². The molecule has 0 saturated carbocycles. The molecule has 0 aliphatic carbocycles. The van der Waals surface area contributed by atoms with Crippen LogP contribution >= 0.6 is 0 Å². The van der Waals surface area contributed by atoms with Crippen LogP contribution in [0.2, 0.25) is 0 Å². The van der Waals surface area contributed by atoms with Gasteiger partial charge in [-0.1, -0.05) is 412 Å². The largest absolute Gasteiger partial charge is 0.310 e. The Morgan fingerprint density at radius 1 is 0.175 bits per heavy atom. The number of anilines is 6. The number of hydrogen-bond donors (Lipinski definition) is 0. The van der Waals surface area contributed by atoms with Gasteiger partial charge in [0, 0.05) is 111 Å². The molecule has 2 aliphatic heterocycles. The highest BCUT2D eigenvalue weighted by atomic mass is 15.2. The number of fused-ring (bicyclic) bond motifs is 18. The second-order valence-electron chi connectivity index (χ2n) is 47.8. The first kappa shape index (κ1) is 90.4. The summed E-state index contributed by atoms with van der Waals surface area (Å²) >= 11 is 0. The van der Waals surface area contributed by atoms with Gasteiger partial charge in [0.05, 0.1) is 55.5 Å². The van der Waals surface area contributed by atoms with Crippen molar-refractivity contribution in [3.05, 3.63) is 415 Å². The van der Waals surface area contributed by atoms with Crippen LogP contribution in [0, 0.1) is 0 Å². The fourth-order valence-corrected chi connectivity index (χ4v) is 23.4. The van der Waals surface area contributed by atoms with E-state index in [1.54, 1.807) is 0 Å². The predicted octanol–water partition coefficient (Wildman–Crippen LogP) is 35.6. The highest BCUT2D eigenvalue weighted by molar-refractivity contribution is 7.00. The van der Waals surface area contributed by atoms with Crippen LogP contribution in [-0.2, 0) is 37.9 Å². The van der Waals surface area contributed by atoms with E-state index in [2.05, 4.69) is 550 Å². The number of nitrogens with zero attached hydrogens (tertiary/aromatic N) is 6. The minimum Gasteiger partial charge on any atom is -0.310 e. The Morgan fingerprint density at radius 3 is 0.699 bits per heavy atom. The summed E-state index contributed by atoms with van der Waals surface area (Å²) in [4.78, 5) is 5.63. The summed E-state index contributed by atoms with van der Waals surface area (Å²) in [6.07, 6.45) is 0. The fourth-order valence-electron chi connectivity index (χ4n) is 23.4. The van der Waals surface area contributed by atoms with E-state index >= 15 is 0 Å². The van der Waals surface area contributed by atoms with Crippen molar-refractivity contribution >= 4 is 144 Å². The first-order valence-electron chi connectivity index (χ1n) is 51.4. The van der Waals surface area contributed by atoms with Gasteiger partial charge in [-0.2, -0.15) is 0 Å². The Labute approximate surface area is 843 Å².